The maximum atomic E-state index is 2.31. The molecule has 0 unspecified atom stereocenters. The molecule has 0 aromatic heterocycles. The fraction of sp³-hybridized carbons (Fsp3) is 0.412. The van der Waals surface area contributed by atoms with Crippen molar-refractivity contribution in [1.82, 2.24) is 0 Å². The van der Waals surface area contributed by atoms with Crippen molar-refractivity contribution >= 4 is 0 Å². The van der Waals surface area contributed by atoms with Crippen LogP contribution in [0.1, 0.15) is 39.7 Å². The maximum absolute atomic E-state index is 2.31. The van der Waals surface area contributed by atoms with Crippen molar-refractivity contribution < 1.29 is 0 Å². The molecule has 1 aromatic rings. The third-order valence-electron chi connectivity index (χ3n) is 2.65. The van der Waals surface area contributed by atoms with Crippen molar-refractivity contribution in [3.05, 3.63) is 59.7 Å². The van der Waals surface area contributed by atoms with Crippen LogP contribution < -0.4 is 0 Å². The quantitative estimate of drug-likeness (QED) is 0.610. The summed E-state index contributed by atoms with van der Waals surface area (Å²) in [4.78, 5) is 0. The standard InChI is InChI=1S/C17H24/c1-15(2)14-17(3,4)13-9-8-12-16-10-6-5-7-11-16/h5-7,9-11,13-14H,8,12H2,1-4H3/b13-9+. The minimum Gasteiger partial charge on any atom is -0.0874 e. The molecule has 1 aromatic carbocycles. The summed E-state index contributed by atoms with van der Waals surface area (Å²) in [5, 5.41) is 0. The van der Waals surface area contributed by atoms with E-state index in [1.165, 1.54) is 11.1 Å². The van der Waals surface area contributed by atoms with Gasteiger partial charge in [-0.1, -0.05) is 68.0 Å². The van der Waals surface area contributed by atoms with Gasteiger partial charge in [-0.25, -0.2) is 0 Å². The summed E-state index contributed by atoms with van der Waals surface area (Å²) in [5.41, 5.74) is 2.97. The van der Waals surface area contributed by atoms with Crippen LogP contribution in [0.3, 0.4) is 0 Å². The summed E-state index contributed by atoms with van der Waals surface area (Å²) < 4.78 is 0. The highest BCUT2D eigenvalue weighted by Crippen LogP contribution is 2.21. The molecule has 0 nitrogen and oxygen atoms in total. The second-order valence-corrected chi connectivity index (χ2v) is 5.47. The van der Waals surface area contributed by atoms with Crippen LogP contribution in [0.2, 0.25) is 0 Å². The zero-order valence-electron chi connectivity index (χ0n) is 11.5. The molecule has 0 aliphatic rings. The number of benzene rings is 1. The molecule has 0 amide bonds. The van der Waals surface area contributed by atoms with Crippen LogP contribution in [0, 0.1) is 5.41 Å². The molecule has 0 bridgehead atoms. The lowest BCUT2D eigenvalue weighted by molar-refractivity contribution is 0.617. The minimum absolute atomic E-state index is 0.176. The van der Waals surface area contributed by atoms with Crippen molar-refractivity contribution in [2.24, 2.45) is 5.41 Å². The Morgan fingerprint density at radius 3 is 2.35 bits per heavy atom. The molecule has 0 radical (unpaired) electrons. The summed E-state index contributed by atoms with van der Waals surface area (Å²) >= 11 is 0. The van der Waals surface area contributed by atoms with Gasteiger partial charge < -0.3 is 0 Å². The number of rotatable bonds is 5. The van der Waals surface area contributed by atoms with Crippen molar-refractivity contribution in [2.75, 3.05) is 0 Å². The van der Waals surface area contributed by atoms with Crippen molar-refractivity contribution in [3.8, 4) is 0 Å². The Hall–Kier alpha value is -1.30. The Morgan fingerprint density at radius 2 is 1.76 bits per heavy atom. The zero-order chi connectivity index (χ0) is 12.7. The molecule has 1 rings (SSSR count). The predicted molar refractivity (Wildman–Crippen MR) is 77.1 cm³/mol. The topological polar surface area (TPSA) is 0 Å². The smallest absolute Gasteiger partial charge is 0.000687 e. The van der Waals surface area contributed by atoms with Gasteiger partial charge in [0, 0.05) is 5.41 Å². The molecular weight excluding hydrogens is 204 g/mol. The van der Waals surface area contributed by atoms with E-state index in [2.05, 4.69) is 76.3 Å². The van der Waals surface area contributed by atoms with E-state index in [-0.39, 0.29) is 5.41 Å². The highest BCUT2D eigenvalue weighted by Gasteiger charge is 2.08. The van der Waals surface area contributed by atoms with E-state index in [1.54, 1.807) is 0 Å². The average molecular weight is 228 g/mol. The van der Waals surface area contributed by atoms with Gasteiger partial charge >= 0.3 is 0 Å². The summed E-state index contributed by atoms with van der Waals surface area (Å²) in [5.74, 6) is 0. The number of hydrogen-bond acceptors (Lipinski definition) is 0. The SMILES string of the molecule is CC(C)=CC(C)(C)/C=C/CCc1ccccc1. The molecule has 0 heteroatoms. The van der Waals surface area contributed by atoms with Crippen LogP contribution in [0.15, 0.2) is 54.1 Å². The van der Waals surface area contributed by atoms with E-state index in [0.29, 0.717) is 0 Å². The zero-order valence-corrected chi connectivity index (χ0v) is 11.5. The molecule has 0 saturated heterocycles. The average Bonchev–Trinajstić information content (AvgIpc) is 2.24. The summed E-state index contributed by atoms with van der Waals surface area (Å²) in [6, 6.07) is 10.7. The molecule has 0 N–H and O–H groups in total. The Kier molecular flexibility index (Phi) is 5.21. The van der Waals surface area contributed by atoms with E-state index in [1.807, 2.05) is 0 Å². The van der Waals surface area contributed by atoms with E-state index in [9.17, 15) is 0 Å². The first kappa shape index (κ1) is 13.8. The Balaban J connectivity index is 2.43. The second kappa shape index (κ2) is 6.44. The van der Waals surface area contributed by atoms with Gasteiger partial charge in [-0.05, 0) is 32.3 Å². The van der Waals surface area contributed by atoms with E-state index in [4.69, 9.17) is 0 Å². The Bertz CT molecular complexity index is 376. The van der Waals surface area contributed by atoms with Gasteiger partial charge in [0.25, 0.3) is 0 Å². The van der Waals surface area contributed by atoms with Crippen LogP contribution in [0.25, 0.3) is 0 Å². The Morgan fingerprint density at radius 1 is 1.12 bits per heavy atom. The Labute approximate surface area is 106 Å². The third-order valence-corrected chi connectivity index (χ3v) is 2.65. The number of aryl methyl sites for hydroxylation is 1. The van der Waals surface area contributed by atoms with Crippen LogP contribution in [-0.4, -0.2) is 0 Å². The molecule has 0 atom stereocenters. The van der Waals surface area contributed by atoms with E-state index >= 15 is 0 Å². The van der Waals surface area contributed by atoms with Crippen molar-refractivity contribution in [3.63, 3.8) is 0 Å². The van der Waals surface area contributed by atoms with Crippen LogP contribution in [0.4, 0.5) is 0 Å². The van der Waals surface area contributed by atoms with Gasteiger partial charge in [0.15, 0.2) is 0 Å². The molecule has 0 fully saturated rings. The first-order chi connectivity index (χ1) is 7.99. The van der Waals surface area contributed by atoms with Gasteiger partial charge in [0.2, 0.25) is 0 Å². The fourth-order valence-corrected chi connectivity index (χ4v) is 2.07. The fourth-order valence-electron chi connectivity index (χ4n) is 2.07. The summed E-state index contributed by atoms with van der Waals surface area (Å²) in [6.07, 6.45) is 9.16. The first-order valence-corrected chi connectivity index (χ1v) is 6.37. The van der Waals surface area contributed by atoms with E-state index in [0.717, 1.165) is 12.8 Å². The molecular formula is C17H24. The third kappa shape index (κ3) is 6.11. The maximum Gasteiger partial charge on any atom is 0.000687 e. The molecule has 0 aliphatic heterocycles. The highest BCUT2D eigenvalue weighted by atomic mass is 14.1. The lowest BCUT2D eigenvalue weighted by Gasteiger charge is -2.15. The van der Waals surface area contributed by atoms with Crippen molar-refractivity contribution in [2.45, 2.75) is 40.5 Å². The van der Waals surface area contributed by atoms with Crippen molar-refractivity contribution in [1.29, 1.82) is 0 Å². The number of hydrogen-bond donors (Lipinski definition) is 0. The van der Waals surface area contributed by atoms with Crippen LogP contribution in [0.5, 0.6) is 0 Å². The van der Waals surface area contributed by atoms with Crippen LogP contribution in [-0.2, 0) is 6.42 Å². The molecule has 17 heavy (non-hydrogen) atoms. The predicted octanol–water partition coefficient (Wildman–Crippen LogP) is 5.17. The second-order valence-electron chi connectivity index (χ2n) is 5.47. The normalized spacial score (nSPS) is 11.8. The molecule has 0 spiro atoms. The molecule has 92 valence electrons. The lowest BCUT2D eigenvalue weighted by atomic mass is 9.90. The largest absolute Gasteiger partial charge is 0.0874 e. The van der Waals surface area contributed by atoms with Crippen LogP contribution >= 0.6 is 0 Å². The summed E-state index contributed by atoms with van der Waals surface area (Å²) in [6.45, 7) is 8.80. The highest BCUT2D eigenvalue weighted by molar-refractivity contribution is 5.16. The van der Waals surface area contributed by atoms with E-state index < -0.39 is 0 Å². The molecule has 0 saturated carbocycles. The van der Waals surface area contributed by atoms with Gasteiger partial charge in [-0.3, -0.25) is 0 Å². The molecule has 0 heterocycles. The van der Waals surface area contributed by atoms with Gasteiger partial charge in [0.05, 0.1) is 0 Å². The minimum atomic E-state index is 0.176. The first-order valence-electron chi connectivity index (χ1n) is 6.37. The van der Waals surface area contributed by atoms with Gasteiger partial charge in [-0.2, -0.15) is 0 Å². The monoisotopic (exact) mass is 228 g/mol. The summed E-state index contributed by atoms with van der Waals surface area (Å²) in [7, 11) is 0. The molecule has 0 aliphatic carbocycles. The van der Waals surface area contributed by atoms with Gasteiger partial charge in [-0.15, -0.1) is 0 Å². The van der Waals surface area contributed by atoms with Gasteiger partial charge in [0.1, 0.15) is 0 Å². The number of allylic oxidation sites excluding steroid dienone is 4. The lowest BCUT2D eigenvalue weighted by Crippen LogP contribution is -2.02.